The van der Waals surface area contributed by atoms with Crippen LogP contribution in [0.5, 0.6) is 0 Å². The summed E-state index contributed by atoms with van der Waals surface area (Å²) in [6.45, 7) is 0.481. The van der Waals surface area contributed by atoms with Crippen LogP contribution in [0.15, 0.2) is 29.7 Å². The third-order valence-corrected chi connectivity index (χ3v) is 5.28. The minimum Gasteiger partial charge on any atom is -0.481 e. The highest BCUT2D eigenvalue weighted by atomic mass is 35.5. The third-order valence-electron chi connectivity index (χ3n) is 3.47. The van der Waals surface area contributed by atoms with E-state index in [1.54, 1.807) is 24.3 Å². The van der Waals surface area contributed by atoms with Gasteiger partial charge in [0.1, 0.15) is 0 Å². The number of benzene rings is 1. The van der Waals surface area contributed by atoms with Gasteiger partial charge in [0.05, 0.1) is 5.92 Å². The maximum absolute atomic E-state index is 12.2. The lowest BCUT2D eigenvalue weighted by Gasteiger charge is -2.28. The first-order chi connectivity index (χ1) is 9.88. The van der Waals surface area contributed by atoms with Gasteiger partial charge in [0.2, 0.25) is 10.0 Å². The van der Waals surface area contributed by atoms with Gasteiger partial charge >= 0.3 is 5.97 Å². The predicted octanol–water partition coefficient (Wildman–Crippen LogP) is 2.44. The summed E-state index contributed by atoms with van der Waals surface area (Å²) in [5.41, 5.74) is 0.739. The molecule has 5 nitrogen and oxygen atoms in total. The van der Waals surface area contributed by atoms with Crippen LogP contribution >= 0.6 is 11.6 Å². The Bertz CT molecular complexity index is 631. The van der Waals surface area contributed by atoms with Gasteiger partial charge in [-0.05, 0) is 36.6 Å². The van der Waals surface area contributed by atoms with Crippen molar-refractivity contribution in [2.24, 2.45) is 5.92 Å². The molecule has 0 saturated carbocycles. The highest BCUT2D eigenvalue weighted by molar-refractivity contribution is 7.92. The van der Waals surface area contributed by atoms with Crippen LogP contribution in [0.25, 0.3) is 6.08 Å². The van der Waals surface area contributed by atoms with E-state index in [9.17, 15) is 13.2 Å². The van der Waals surface area contributed by atoms with Gasteiger partial charge in [0, 0.05) is 23.5 Å². The van der Waals surface area contributed by atoms with Crippen molar-refractivity contribution in [1.82, 2.24) is 4.31 Å². The van der Waals surface area contributed by atoms with Crippen molar-refractivity contribution in [2.45, 2.75) is 12.8 Å². The molecule has 7 heteroatoms. The first-order valence-corrected chi connectivity index (χ1v) is 8.43. The Kier molecular flexibility index (Phi) is 5.03. The zero-order valence-corrected chi connectivity index (χ0v) is 12.8. The monoisotopic (exact) mass is 329 g/mol. The molecule has 2 rings (SSSR count). The summed E-state index contributed by atoms with van der Waals surface area (Å²) in [4.78, 5) is 10.9. The molecule has 0 aromatic heterocycles. The molecule has 1 N–H and O–H groups in total. The molecule has 0 bridgehead atoms. The maximum Gasteiger partial charge on any atom is 0.306 e. The molecule has 1 aliphatic heterocycles. The average molecular weight is 330 g/mol. The molecule has 1 aromatic rings. The van der Waals surface area contributed by atoms with E-state index in [2.05, 4.69) is 0 Å². The summed E-state index contributed by atoms with van der Waals surface area (Å²) in [5, 5.41) is 10.6. The number of nitrogens with zero attached hydrogens (tertiary/aromatic N) is 1. The second-order valence-electron chi connectivity index (χ2n) is 4.91. The summed E-state index contributed by atoms with van der Waals surface area (Å²) in [6.07, 6.45) is 2.21. The molecule has 0 unspecified atom stereocenters. The van der Waals surface area contributed by atoms with E-state index in [0.717, 1.165) is 11.0 Å². The summed E-state index contributed by atoms with van der Waals surface area (Å²) < 4.78 is 25.7. The van der Waals surface area contributed by atoms with Gasteiger partial charge in [0.15, 0.2) is 0 Å². The number of carboxylic acid groups (broad SMARTS) is 1. The fourth-order valence-electron chi connectivity index (χ4n) is 2.18. The van der Waals surface area contributed by atoms with Gasteiger partial charge in [-0.2, -0.15) is 4.31 Å². The number of piperidine rings is 1. The molecule has 21 heavy (non-hydrogen) atoms. The van der Waals surface area contributed by atoms with Crippen molar-refractivity contribution >= 4 is 33.7 Å². The Balaban J connectivity index is 2.02. The minimum absolute atomic E-state index is 0.240. The minimum atomic E-state index is -3.51. The highest BCUT2D eigenvalue weighted by Crippen LogP contribution is 2.21. The van der Waals surface area contributed by atoms with Crippen molar-refractivity contribution in [3.8, 4) is 0 Å². The number of rotatable bonds is 4. The Morgan fingerprint density at radius 3 is 2.33 bits per heavy atom. The molecule has 0 spiro atoms. The summed E-state index contributed by atoms with van der Waals surface area (Å²) in [7, 11) is -3.51. The lowest BCUT2D eigenvalue weighted by Crippen LogP contribution is -2.39. The van der Waals surface area contributed by atoms with Gasteiger partial charge < -0.3 is 5.11 Å². The molecule has 0 radical (unpaired) electrons. The van der Waals surface area contributed by atoms with Gasteiger partial charge in [0.25, 0.3) is 0 Å². The summed E-state index contributed by atoms with van der Waals surface area (Å²) in [5.74, 6) is -1.31. The lowest BCUT2D eigenvalue weighted by atomic mass is 9.99. The number of sulfonamides is 1. The van der Waals surface area contributed by atoms with Crippen molar-refractivity contribution in [2.75, 3.05) is 13.1 Å². The van der Waals surface area contributed by atoms with Crippen molar-refractivity contribution in [1.29, 1.82) is 0 Å². The van der Waals surface area contributed by atoms with Crippen LogP contribution < -0.4 is 0 Å². The van der Waals surface area contributed by atoms with Crippen LogP contribution in [0.4, 0.5) is 0 Å². The quantitative estimate of drug-likeness (QED) is 0.920. The average Bonchev–Trinajstić information content (AvgIpc) is 2.47. The normalized spacial score (nSPS) is 18.1. The Morgan fingerprint density at radius 1 is 1.24 bits per heavy atom. The van der Waals surface area contributed by atoms with E-state index in [1.807, 2.05) is 0 Å². The Hall–Kier alpha value is -1.37. The van der Waals surface area contributed by atoms with Crippen LogP contribution in [0.2, 0.25) is 5.02 Å². The standard InChI is InChI=1S/C14H16ClNO4S/c15-13-3-1-11(2-4-13)7-10-21(19,20)16-8-5-12(6-9-16)14(17)18/h1-4,7,10,12H,5-6,8-9H2,(H,17,18). The molecule has 1 heterocycles. The van der Waals surface area contributed by atoms with Crippen molar-refractivity contribution < 1.29 is 18.3 Å². The third kappa shape index (κ3) is 4.30. The van der Waals surface area contributed by atoms with E-state index >= 15 is 0 Å². The maximum atomic E-state index is 12.2. The lowest BCUT2D eigenvalue weighted by molar-refractivity contribution is -0.142. The molecule has 0 amide bonds. The molecule has 1 aromatic carbocycles. The fraction of sp³-hybridized carbons (Fsp3) is 0.357. The second-order valence-corrected chi connectivity index (χ2v) is 7.17. The van der Waals surface area contributed by atoms with Crippen molar-refractivity contribution in [3.05, 3.63) is 40.3 Å². The Labute approximate surface area is 128 Å². The number of hydrogen-bond donors (Lipinski definition) is 1. The molecule has 1 saturated heterocycles. The zero-order valence-electron chi connectivity index (χ0n) is 11.3. The van der Waals surface area contributed by atoms with Crippen LogP contribution in [-0.2, 0) is 14.8 Å². The number of carbonyl (C=O) groups is 1. The predicted molar refractivity (Wildman–Crippen MR) is 81.3 cm³/mol. The van der Waals surface area contributed by atoms with Gasteiger partial charge in [-0.3, -0.25) is 4.79 Å². The zero-order chi connectivity index (χ0) is 15.5. The van der Waals surface area contributed by atoms with Crippen LogP contribution in [0.1, 0.15) is 18.4 Å². The van der Waals surface area contributed by atoms with E-state index in [1.165, 1.54) is 10.4 Å². The van der Waals surface area contributed by atoms with E-state index in [0.29, 0.717) is 17.9 Å². The first-order valence-electron chi connectivity index (χ1n) is 6.55. The van der Waals surface area contributed by atoms with Crippen LogP contribution in [-0.4, -0.2) is 36.9 Å². The highest BCUT2D eigenvalue weighted by Gasteiger charge is 2.29. The second kappa shape index (κ2) is 6.60. The van der Waals surface area contributed by atoms with E-state index in [4.69, 9.17) is 16.7 Å². The van der Waals surface area contributed by atoms with Gasteiger partial charge in [-0.25, -0.2) is 8.42 Å². The summed E-state index contributed by atoms with van der Waals surface area (Å²) >= 11 is 5.76. The van der Waals surface area contributed by atoms with Crippen molar-refractivity contribution in [3.63, 3.8) is 0 Å². The van der Waals surface area contributed by atoms with Gasteiger partial charge in [-0.1, -0.05) is 23.7 Å². The molecular weight excluding hydrogens is 314 g/mol. The smallest absolute Gasteiger partial charge is 0.306 e. The summed E-state index contributed by atoms with van der Waals surface area (Å²) in [6, 6.07) is 6.83. The molecule has 1 fully saturated rings. The largest absolute Gasteiger partial charge is 0.481 e. The number of halogens is 1. The molecule has 0 aliphatic carbocycles. The molecule has 1 aliphatic rings. The van der Waals surface area contributed by atoms with E-state index in [-0.39, 0.29) is 13.1 Å². The number of carboxylic acids is 1. The van der Waals surface area contributed by atoms with Crippen LogP contribution in [0.3, 0.4) is 0 Å². The number of aliphatic carboxylic acids is 1. The molecule has 0 atom stereocenters. The molecule has 114 valence electrons. The topological polar surface area (TPSA) is 74.7 Å². The molecular formula is C14H16ClNO4S. The first kappa shape index (κ1) is 16.0. The number of hydrogen-bond acceptors (Lipinski definition) is 3. The van der Waals surface area contributed by atoms with E-state index < -0.39 is 21.9 Å². The SMILES string of the molecule is O=C(O)C1CCN(S(=O)(=O)C=Cc2ccc(Cl)cc2)CC1. The fourth-order valence-corrected chi connectivity index (χ4v) is 3.53. The Morgan fingerprint density at radius 2 is 1.81 bits per heavy atom. The van der Waals surface area contributed by atoms with Gasteiger partial charge in [-0.15, -0.1) is 0 Å². The van der Waals surface area contributed by atoms with Crippen LogP contribution in [0, 0.1) is 5.92 Å².